The van der Waals surface area contributed by atoms with Crippen molar-refractivity contribution in [3.8, 4) is 17.4 Å². The molecule has 0 aliphatic carbocycles. The maximum atomic E-state index is 10.9. The molecule has 6 heteroatoms. The third kappa shape index (κ3) is 2.54. The Morgan fingerprint density at radius 1 is 1.33 bits per heavy atom. The van der Waals surface area contributed by atoms with Crippen LogP contribution in [0.15, 0.2) is 36.5 Å². The van der Waals surface area contributed by atoms with Gasteiger partial charge in [0.2, 0.25) is 0 Å². The second kappa shape index (κ2) is 4.70. The molecule has 1 N–H and O–H groups in total. The minimum absolute atomic E-state index is 0.0729. The van der Waals surface area contributed by atoms with E-state index in [1.165, 1.54) is 36.5 Å². The molecule has 92 valence electrons. The number of phenols is 1. The Balaban J connectivity index is 2.34. The van der Waals surface area contributed by atoms with Gasteiger partial charge in [0.05, 0.1) is 4.92 Å². The van der Waals surface area contributed by atoms with Crippen molar-refractivity contribution in [3.05, 3.63) is 52.2 Å². The monoisotopic (exact) mass is 246 g/mol. The number of hydrogen-bond acceptors (Lipinski definition) is 5. The van der Waals surface area contributed by atoms with Crippen LogP contribution in [0.25, 0.3) is 0 Å². The lowest BCUT2D eigenvalue weighted by atomic mass is 10.3. The van der Waals surface area contributed by atoms with E-state index in [-0.39, 0.29) is 17.3 Å². The summed E-state index contributed by atoms with van der Waals surface area (Å²) in [5, 5.41) is 20.0. The zero-order chi connectivity index (χ0) is 13.1. The van der Waals surface area contributed by atoms with Crippen LogP contribution in [-0.2, 0) is 0 Å². The summed E-state index contributed by atoms with van der Waals surface area (Å²) in [4.78, 5) is 14.2. The van der Waals surface area contributed by atoms with Gasteiger partial charge in [-0.2, -0.15) is 0 Å². The maximum absolute atomic E-state index is 10.9. The normalized spacial score (nSPS) is 10.1. The molecule has 2 aromatic rings. The summed E-state index contributed by atoms with van der Waals surface area (Å²) in [5.41, 5.74) is 0.489. The Hall–Kier alpha value is -2.63. The average molecular weight is 246 g/mol. The lowest BCUT2D eigenvalue weighted by Gasteiger charge is -2.05. The standard InChI is InChI=1S/C12H10N2O4/c1-8-6-11(14(16)17)12(13-7-8)18-10-4-2-9(15)3-5-10/h2-7,15H,1H3. The van der Waals surface area contributed by atoms with E-state index in [0.29, 0.717) is 11.3 Å². The van der Waals surface area contributed by atoms with Crippen LogP contribution in [0.5, 0.6) is 17.4 Å². The third-order valence-electron chi connectivity index (χ3n) is 2.22. The second-order valence-electron chi connectivity index (χ2n) is 3.69. The Bertz CT molecular complexity index is 581. The van der Waals surface area contributed by atoms with Gasteiger partial charge in [0.15, 0.2) is 0 Å². The molecule has 0 aliphatic rings. The molecule has 1 aromatic heterocycles. The van der Waals surface area contributed by atoms with Crippen LogP contribution in [0.3, 0.4) is 0 Å². The van der Waals surface area contributed by atoms with Gasteiger partial charge in [0.25, 0.3) is 5.88 Å². The van der Waals surface area contributed by atoms with Crippen LogP contribution in [0.2, 0.25) is 0 Å². The summed E-state index contributed by atoms with van der Waals surface area (Å²) in [6.45, 7) is 1.71. The number of rotatable bonds is 3. The number of nitro groups is 1. The summed E-state index contributed by atoms with van der Waals surface area (Å²) in [6, 6.07) is 7.24. The zero-order valence-corrected chi connectivity index (χ0v) is 9.53. The van der Waals surface area contributed by atoms with Crippen molar-refractivity contribution in [1.82, 2.24) is 4.98 Å². The fourth-order valence-electron chi connectivity index (χ4n) is 1.38. The number of benzene rings is 1. The van der Waals surface area contributed by atoms with Gasteiger partial charge in [-0.05, 0) is 36.8 Å². The highest BCUT2D eigenvalue weighted by Crippen LogP contribution is 2.30. The van der Waals surface area contributed by atoms with E-state index in [1.54, 1.807) is 6.92 Å². The number of aromatic hydroxyl groups is 1. The molecule has 0 amide bonds. The molecule has 18 heavy (non-hydrogen) atoms. The highest BCUT2D eigenvalue weighted by atomic mass is 16.6. The summed E-state index contributed by atoms with van der Waals surface area (Å²) in [5.74, 6) is 0.386. The molecule has 6 nitrogen and oxygen atoms in total. The van der Waals surface area contributed by atoms with Crippen molar-refractivity contribution in [2.45, 2.75) is 6.92 Å². The molecular formula is C12H10N2O4. The van der Waals surface area contributed by atoms with Gasteiger partial charge in [0.1, 0.15) is 11.5 Å². The number of nitrogens with zero attached hydrogens (tertiary/aromatic N) is 2. The highest BCUT2D eigenvalue weighted by Gasteiger charge is 2.17. The van der Waals surface area contributed by atoms with Crippen LogP contribution in [0.1, 0.15) is 5.56 Å². The predicted octanol–water partition coefficient (Wildman–Crippen LogP) is 2.80. The van der Waals surface area contributed by atoms with Gasteiger partial charge in [0, 0.05) is 12.3 Å². The fourth-order valence-corrected chi connectivity index (χ4v) is 1.38. The lowest BCUT2D eigenvalue weighted by Crippen LogP contribution is -1.96. The van der Waals surface area contributed by atoms with Crippen LogP contribution < -0.4 is 4.74 Å². The van der Waals surface area contributed by atoms with E-state index < -0.39 is 4.92 Å². The predicted molar refractivity (Wildman–Crippen MR) is 63.8 cm³/mol. The van der Waals surface area contributed by atoms with Crippen molar-refractivity contribution in [2.24, 2.45) is 0 Å². The van der Waals surface area contributed by atoms with Crippen LogP contribution in [0, 0.1) is 17.0 Å². The maximum Gasteiger partial charge on any atom is 0.331 e. The van der Waals surface area contributed by atoms with E-state index in [4.69, 9.17) is 9.84 Å². The van der Waals surface area contributed by atoms with E-state index in [1.807, 2.05) is 0 Å². The lowest BCUT2D eigenvalue weighted by molar-refractivity contribution is -0.386. The number of hydrogen-bond donors (Lipinski definition) is 1. The van der Waals surface area contributed by atoms with Gasteiger partial charge in [-0.1, -0.05) is 0 Å². The van der Waals surface area contributed by atoms with Gasteiger partial charge in [-0.25, -0.2) is 4.98 Å². The summed E-state index contributed by atoms with van der Waals surface area (Å²) >= 11 is 0. The first kappa shape index (κ1) is 11.8. The summed E-state index contributed by atoms with van der Waals surface area (Å²) in [7, 11) is 0. The van der Waals surface area contributed by atoms with E-state index in [9.17, 15) is 10.1 Å². The van der Waals surface area contributed by atoms with Gasteiger partial charge in [-0.15, -0.1) is 0 Å². The van der Waals surface area contributed by atoms with Crippen LogP contribution in [-0.4, -0.2) is 15.0 Å². The number of pyridine rings is 1. The van der Waals surface area contributed by atoms with Crippen molar-refractivity contribution in [3.63, 3.8) is 0 Å². The molecule has 0 bridgehead atoms. The van der Waals surface area contributed by atoms with Gasteiger partial charge in [-0.3, -0.25) is 10.1 Å². The molecule has 1 aromatic carbocycles. The molecule has 0 unspecified atom stereocenters. The number of phenolic OH excluding ortho intramolecular Hbond substituents is 1. The number of aromatic nitrogens is 1. The van der Waals surface area contributed by atoms with Crippen molar-refractivity contribution >= 4 is 5.69 Å². The first-order chi connectivity index (χ1) is 8.56. The van der Waals surface area contributed by atoms with Crippen molar-refractivity contribution in [2.75, 3.05) is 0 Å². The Morgan fingerprint density at radius 3 is 2.61 bits per heavy atom. The summed E-state index contributed by atoms with van der Waals surface area (Å²) in [6.07, 6.45) is 1.49. The third-order valence-corrected chi connectivity index (χ3v) is 2.22. The van der Waals surface area contributed by atoms with Crippen molar-refractivity contribution < 1.29 is 14.8 Å². The number of ether oxygens (including phenoxy) is 1. The fraction of sp³-hybridized carbons (Fsp3) is 0.0833. The molecule has 2 rings (SSSR count). The van der Waals surface area contributed by atoms with Gasteiger partial charge >= 0.3 is 5.69 Å². The Morgan fingerprint density at radius 2 is 2.00 bits per heavy atom. The molecule has 0 aliphatic heterocycles. The molecule has 0 fully saturated rings. The zero-order valence-electron chi connectivity index (χ0n) is 9.53. The first-order valence-corrected chi connectivity index (χ1v) is 5.14. The largest absolute Gasteiger partial charge is 0.508 e. The topological polar surface area (TPSA) is 85.5 Å². The highest BCUT2D eigenvalue weighted by molar-refractivity contribution is 5.45. The van der Waals surface area contributed by atoms with Gasteiger partial charge < -0.3 is 9.84 Å². The SMILES string of the molecule is Cc1cnc(Oc2ccc(O)cc2)c([N+](=O)[O-])c1. The summed E-state index contributed by atoms with van der Waals surface area (Å²) < 4.78 is 5.32. The van der Waals surface area contributed by atoms with E-state index in [2.05, 4.69) is 4.98 Å². The minimum atomic E-state index is -0.546. The Kier molecular flexibility index (Phi) is 3.09. The quantitative estimate of drug-likeness (QED) is 0.664. The average Bonchev–Trinajstić information content (AvgIpc) is 2.34. The first-order valence-electron chi connectivity index (χ1n) is 5.14. The molecule has 0 atom stereocenters. The Labute approximate surface area is 103 Å². The van der Waals surface area contributed by atoms with E-state index in [0.717, 1.165) is 0 Å². The molecule has 0 saturated carbocycles. The van der Waals surface area contributed by atoms with Crippen LogP contribution >= 0.6 is 0 Å². The van der Waals surface area contributed by atoms with E-state index >= 15 is 0 Å². The molecule has 0 saturated heterocycles. The molecule has 1 heterocycles. The molecular weight excluding hydrogens is 236 g/mol. The number of aryl methyl sites for hydroxylation is 1. The van der Waals surface area contributed by atoms with Crippen LogP contribution in [0.4, 0.5) is 5.69 Å². The van der Waals surface area contributed by atoms with Crippen molar-refractivity contribution in [1.29, 1.82) is 0 Å². The molecule has 0 spiro atoms. The smallest absolute Gasteiger partial charge is 0.331 e. The minimum Gasteiger partial charge on any atom is -0.508 e. The molecule has 0 radical (unpaired) electrons. The second-order valence-corrected chi connectivity index (χ2v) is 3.69.